The van der Waals surface area contributed by atoms with Crippen molar-refractivity contribution in [2.45, 2.75) is 64.2 Å². The molecule has 18 heavy (non-hydrogen) atoms. The highest BCUT2D eigenvalue weighted by atomic mass is 32.3. The normalized spacial score (nSPS) is 11.9. The topological polar surface area (TPSA) is 63.6 Å². The van der Waals surface area contributed by atoms with Gasteiger partial charge in [-0.2, -0.15) is 8.42 Å². The van der Waals surface area contributed by atoms with Crippen LogP contribution in [0.1, 0.15) is 64.2 Å². The van der Waals surface area contributed by atoms with Crippen molar-refractivity contribution in [2.24, 2.45) is 0 Å². The molecule has 0 aromatic rings. The van der Waals surface area contributed by atoms with Gasteiger partial charge in [0.15, 0.2) is 0 Å². The lowest BCUT2D eigenvalue weighted by Crippen LogP contribution is -2.04. The Balaban J connectivity index is 3.03. The first kappa shape index (κ1) is 17.8. The van der Waals surface area contributed by atoms with Crippen LogP contribution < -0.4 is 0 Å². The Labute approximate surface area is 110 Å². The van der Waals surface area contributed by atoms with E-state index in [0.717, 1.165) is 32.1 Å². The third-order valence-electron chi connectivity index (χ3n) is 2.76. The summed E-state index contributed by atoms with van der Waals surface area (Å²) in [6.07, 6.45) is 10.1. The zero-order valence-corrected chi connectivity index (χ0v) is 11.8. The Morgan fingerprint density at radius 2 is 1.17 bits per heavy atom. The quantitative estimate of drug-likeness (QED) is 0.414. The number of hydrogen-bond acceptors (Lipinski definition) is 3. The van der Waals surface area contributed by atoms with Crippen LogP contribution in [-0.4, -0.2) is 26.3 Å². The Hall–Kier alpha value is -0.200. The standard InChI is InChI=1S/C12H25FO4S/c13-11-9-7-5-3-1-2-4-6-8-10-12-17-18(14,15)16/h1-12H2,(H,14,15,16). The number of alkyl halides is 1. The number of hydrogen-bond donors (Lipinski definition) is 1. The van der Waals surface area contributed by atoms with Gasteiger partial charge in [-0.3, -0.25) is 8.94 Å². The molecule has 0 atom stereocenters. The van der Waals surface area contributed by atoms with Crippen molar-refractivity contribution in [3.8, 4) is 0 Å². The number of unbranched alkanes of at least 4 members (excludes halogenated alkanes) is 9. The molecule has 0 unspecified atom stereocenters. The van der Waals surface area contributed by atoms with E-state index in [0.29, 0.717) is 12.8 Å². The zero-order chi connectivity index (χ0) is 13.7. The van der Waals surface area contributed by atoms with Crippen LogP contribution in [0.25, 0.3) is 0 Å². The van der Waals surface area contributed by atoms with E-state index in [1.54, 1.807) is 0 Å². The van der Waals surface area contributed by atoms with Gasteiger partial charge in [0.1, 0.15) is 0 Å². The smallest absolute Gasteiger partial charge is 0.264 e. The van der Waals surface area contributed by atoms with Crippen LogP contribution in [0.4, 0.5) is 4.39 Å². The molecule has 0 heterocycles. The summed E-state index contributed by atoms with van der Waals surface area (Å²) in [6.45, 7) is -0.145. The van der Waals surface area contributed by atoms with Gasteiger partial charge in [-0.25, -0.2) is 4.18 Å². The van der Waals surface area contributed by atoms with E-state index in [1.807, 2.05) is 0 Å². The van der Waals surface area contributed by atoms with Gasteiger partial charge in [0.25, 0.3) is 0 Å². The van der Waals surface area contributed by atoms with Crippen molar-refractivity contribution >= 4 is 10.4 Å². The second kappa shape index (κ2) is 11.9. The molecule has 0 aliphatic heterocycles. The first-order valence-corrected chi connectivity index (χ1v) is 8.10. The van der Waals surface area contributed by atoms with Gasteiger partial charge in [0.2, 0.25) is 0 Å². The third-order valence-corrected chi connectivity index (χ3v) is 3.22. The molecule has 0 saturated carbocycles. The van der Waals surface area contributed by atoms with Crippen molar-refractivity contribution < 1.29 is 21.5 Å². The van der Waals surface area contributed by atoms with Crippen molar-refractivity contribution in [1.29, 1.82) is 0 Å². The van der Waals surface area contributed by atoms with E-state index in [4.69, 9.17) is 4.55 Å². The molecule has 110 valence electrons. The lowest BCUT2D eigenvalue weighted by Gasteiger charge is -2.02. The van der Waals surface area contributed by atoms with Crippen LogP contribution in [0.2, 0.25) is 0 Å². The van der Waals surface area contributed by atoms with Crippen molar-refractivity contribution in [2.75, 3.05) is 13.3 Å². The minimum absolute atomic E-state index is 0.0576. The summed E-state index contributed by atoms with van der Waals surface area (Å²) >= 11 is 0. The largest absolute Gasteiger partial charge is 0.397 e. The maximum Gasteiger partial charge on any atom is 0.397 e. The zero-order valence-electron chi connectivity index (χ0n) is 10.9. The molecule has 0 rings (SSSR count). The Kier molecular flexibility index (Phi) is 11.7. The second-order valence-corrected chi connectivity index (χ2v) is 5.57. The molecule has 0 aromatic carbocycles. The lowest BCUT2D eigenvalue weighted by atomic mass is 10.1. The van der Waals surface area contributed by atoms with E-state index < -0.39 is 10.4 Å². The molecule has 0 aliphatic carbocycles. The summed E-state index contributed by atoms with van der Waals surface area (Å²) in [5, 5.41) is 0. The number of halogens is 1. The van der Waals surface area contributed by atoms with Crippen LogP contribution in [0.15, 0.2) is 0 Å². The molecule has 0 aliphatic rings. The molecule has 0 amide bonds. The van der Waals surface area contributed by atoms with Gasteiger partial charge in [0, 0.05) is 0 Å². The summed E-state index contributed by atoms with van der Waals surface area (Å²) in [6, 6.07) is 0. The summed E-state index contributed by atoms with van der Waals surface area (Å²) in [4.78, 5) is 0. The molecule has 0 fully saturated rings. The Morgan fingerprint density at radius 3 is 1.56 bits per heavy atom. The van der Waals surface area contributed by atoms with Gasteiger partial charge in [-0.1, -0.05) is 51.4 Å². The minimum Gasteiger partial charge on any atom is -0.264 e. The molecule has 0 spiro atoms. The predicted octanol–water partition coefficient (Wildman–Crippen LogP) is 3.68. The van der Waals surface area contributed by atoms with E-state index in [9.17, 15) is 12.8 Å². The lowest BCUT2D eigenvalue weighted by molar-refractivity contribution is 0.261. The average molecular weight is 284 g/mol. The fourth-order valence-electron chi connectivity index (χ4n) is 1.78. The second-order valence-electron chi connectivity index (χ2n) is 4.47. The highest BCUT2D eigenvalue weighted by Crippen LogP contribution is 2.10. The van der Waals surface area contributed by atoms with Crippen LogP contribution in [-0.2, 0) is 14.6 Å². The van der Waals surface area contributed by atoms with Gasteiger partial charge >= 0.3 is 10.4 Å². The van der Waals surface area contributed by atoms with E-state index in [1.165, 1.54) is 19.3 Å². The molecule has 6 heteroatoms. The van der Waals surface area contributed by atoms with Gasteiger partial charge in [0.05, 0.1) is 13.3 Å². The minimum atomic E-state index is -4.26. The maximum absolute atomic E-state index is 11.8. The average Bonchev–Trinajstić information content (AvgIpc) is 2.29. The molecule has 0 bridgehead atoms. The molecular formula is C12H25FO4S. The molecule has 0 saturated heterocycles. The van der Waals surface area contributed by atoms with Crippen molar-refractivity contribution in [3.05, 3.63) is 0 Å². The summed E-state index contributed by atoms with van der Waals surface area (Å²) in [5.74, 6) is 0. The maximum atomic E-state index is 11.8. The fourth-order valence-corrected chi connectivity index (χ4v) is 2.10. The van der Waals surface area contributed by atoms with Crippen LogP contribution in [0, 0.1) is 0 Å². The van der Waals surface area contributed by atoms with E-state index >= 15 is 0 Å². The summed E-state index contributed by atoms with van der Waals surface area (Å²) in [7, 11) is -4.26. The molecule has 0 aromatic heterocycles. The van der Waals surface area contributed by atoms with Crippen molar-refractivity contribution in [1.82, 2.24) is 0 Å². The molecule has 1 N–H and O–H groups in total. The fraction of sp³-hybridized carbons (Fsp3) is 1.00. The monoisotopic (exact) mass is 284 g/mol. The third kappa shape index (κ3) is 15.8. The predicted molar refractivity (Wildman–Crippen MR) is 69.6 cm³/mol. The van der Waals surface area contributed by atoms with E-state index in [2.05, 4.69) is 4.18 Å². The first-order valence-electron chi connectivity index (χ1n) is 6.74. The van der Waals surface area contributed by atoms with Crippen LogP contribution >= 0.6 is 0 Å². The molecule has 4 nitrogen and oxygen atoms in total. The highest BCUT2D eigenvalue weighted by Gasteiger charge is 2.02. The van der Waals surface area contributed by atoms with E-state index in [-0.39, 0.29) is 13.3 Å². The first-order chi connectivity index (χ1) is 8.56. The summed E-state index contributed by atoms with van der Waals surface area (Å²) in [5.41, 5.74) is 0. The van der Waals surface area contributed by atoms with Gasteiger partial charge in [-0.05, 0) is 12.8 Å². The highest BCUT2D eigenvalue weighted by molar-refractivity contribution is 7.80. The summed E-state index contributed by atoms with van der Waals surface area (Å²) < 4.78 is 44.7. The number of rotatable bonds is 13. The van der Waals surface area contributed by atoms with Gasteiger partial charge in [-0.15, -0.1) is 0 Å². The van der Waals surface area contributed by atoms with Gasteiger partial charge < -0.3 is 0 Å². The Bertz CT molecular complexity index is 267. The molecule has 0 radical (unpaired) electrons. The Morgan fingerprint density at radius 1 is 0.778 bits per heavy atom. The van der Waals surface area contributed by atoms with Crippen molar-refractivity contribution in [3.63, 3.8) is 0 Å². The van der Waals surface area contributed by atoms with Crippen LogP contribution in [0.5, 0.6) is 0 Å². The molecular weight excluding hydrogens is 259 g/mol. The SMILES string of the molecule is O=S(=O)(O)OCCCCCCCCCCCCF. The van der Waals surface area contributed by atoms with Crippen LogP contribution in [0.3, 0.4) is 0 Å².